The first kappa shape index (κ1) is 21.7. The predicted molar refractivity (Wildman–Crippen MR) is 91.0 cm³/mol. The van der Waals surface area contributed by atoms with Gasteiger partial charge in [0.1, 0.15) is 0 Å². The van der Waals surface area contributed by atoms with Crippen LogP contribution in [0.2, 0.25) is 0 Å². The average molecular weight is 538 g/mol. The van der Waals surface area contributed by atoms with E-state index in [1.807, 2.05) is 0 Å². The maximum absolute atomic E-state index is 8.89. The highest BCUT2D eigenvalue weighted by Gasteiger charge is 2.00. The van der Waals surface area contributed by atoms with Crippen LogP contribution in [0.1, 0.15) is 22.3 Å². The number of hydrogen-bond donors (Lipinski definition) is 1. The second-order valence-corrected chi connectivity index (χ2v) is 8.54. The second-order valence-electron chi connectivity index (χ2n) is 3.35. The molecule has 1 aromatic carbocycles. The van der Waals surface area contributed by atoms with E-state index in [1.165, 1.54) is 22.3 Å². The van der Waals surface area contributed by atoms with Gasteiger partial charge in [-0.15, -0.1) is 0 Å². The van der Waals surface area contributed by atoms with Crippen LogP contribution >= 0.6 is 55.1 Å². The van der Waals surface area contributed by atoms with Crippen molar-refractivity contribution in [1.29, 1.82) is 0 Å². The van der Waals surface area contributed by atoms with Crippen LogP contribution in [0.4, 0.5) is 0 Å². The molecule has 112 valence electrons. The molecule has 0 saturated carbocycles. The van der Waals surface area contributed by atoms with Gasteiger partial charge in [0.15, 0.2) is 0 Å². The fourth-order valence-corrected chi connectivity index (χ4v) is 1.23. The van der Waals surface area contributed by atoms with Crippen LogP contribution in [0.5, 0.6) is 0 Å². The first-order valence-electron chi connectivity index (χ1n) is 4.83. The van der Waals surface area contributed by atoms with Crippen molar-refractivity contribution in [3.63, 3.8) is 0 Å². The highest BCUT2D eigenvalue weighted by atomic mass is 127. The lowest BCUT2D eigenvalue weighted by atomic mass is 9.99. The molecular weight excluding hydrogens is 523 g/mol. The van der Waals surface area contributed by atoms with E-state index >= 15 is 0 Å². The molecule has 19 heavy (non-hydrogen) atoms. The van der Waals surface area contributed by atoms with Gasteiger partial charge in [-0.25, -0.2) is 12.3 Å². The standard InChI is InChI=1S/C10H15N.2ClIO2/c1-7-4-5-10(6-11)9(3)8(7)2;2*1-2(3)4/h4-5H,6,11H2,1-3H3;;. The normalized spacial score (nSPS) is 9.47. The first-order valence-corrected chi connectivity index (χ1v) is 13.8. The topological polar surface area (TPSA) is 94.3 Å². The molecule has 0 unspecified atom stereocenters. The van der Waals surface area contributed by atoms with Crippen LogP contribution in [0, 0.1) is 20.8 Å². The van der Waals surface area contributed by atoms with Crippen LogP contribution < -0.4 is 5.73 Å². The molecule has 0 spiro atoms. The Balaban J connectivity index is 0. The van der Waals surface area contributed by atoms with E-state index < -0.39 is 37.3 Å². The first-order chi connectivity index (χ1) is 8.63. The van der Waals surface area contributed by atoms with E-state index in [2.05, 4.69) is 50.7 Å². The molecule has 0 saturated heterocycles. The predicted octanol–water partition coefficient (Wildman–Crippen LogP) is 4.75. The Morgan fingerprint density at radius 1 is 0.947 bits per heavy atom. The second kappa shape index (κ2) is 12.2. The fraction of sp³-hybridized carbons (Fsp3) is 0.400. The Bertz CT molecular complexity index is 507. The molecule has 0 aromatic heterocycles. The zero-order valence-corrected chi connectivity index (χ0v) is 16.4. The molecular formula is C10H15Cl2I2NO4. The summed E-state index contributed by atoms with van der Waals surface area (Å²) in [5.41, 5.74) is 10.9. The zero-order chi connectivity index (χ0) is 15.6. The van der Waals surface area contributed by atoms with Gasteiger partial charge in [-0.1, -0.05) is 12.1 Å². The summed E-state index contributed by atoms with van der Waals surface area (Å²) in [6.45, 7) is 7.05. The monoisotopic (exact) mass is 537 g/mol. The number of hydrogen-bond acceptors (Lipinski definition) is 5. The summed E-state index contributed by atoms with van der Waals surface area (Å²) < 4.78 is 35.6. The third kappa shape index (κ3) is 13.2. The van der Waals surface area contributed by atoms with Gasteiger partial charge >= 0.3 is 37.3 Å². The molecule has 0 amide bonds. The van der Waals surface area contributed by atoms with E-state index in [-0.39, 0.29) is 0 Å². The van der Waals surface area contributed by atoms with E-state index in [0.717, 1.165) is 0 Å². The molecule has 1 rings (SSSR count). The number of halogens is 4. The summed E-state index contributed by atoms with van der Waals surface area (Å²) in [4.78, 5) is 0. The minimum atomic E-state index is -3.29. The van der Waals surface area contributed by atoms with E-state index in [9.17, 15) is 0 Å². The maximum atomic E-state index is 8.89. The molecule has 0 bridgehead atoms. The van der Waals surface area contributed by atoms with Gasteiger partial charge in [-0.2, -0.15) is 0 Å². The van der Waals surface area contributed by atoms with Gasteiger partial charge in [-0.3, -0.25) is 0 Å². The number of aryl methyl sites for hydroxylation is 1. The van der Waals surface area contributed by atoms with Gasteiger partial charge in [0.2, 0.25) is 0 Å². The van der Waals surface area contributed by atoms with Crippen LogP contribution in [0.3, 0.4) is 0 Å². The maximum Gasteiger partial charge on any atom is 0.409 e. The van der Waals surface area contributed by atoms with Crippen molar-refractivity contribution in [2.45, 2.75) is 27.3 Å². The SMILES string of the molecule is Cc1ccc(CN)c(C)c1C.O=I(=O)Cl.O=I(=O)Cl. The average Bonchev–Trinajstić information content (AvgIpc) is 2.25. The van der Waals surface area contributed by atoms with Crippen molar-refractivity contribution in [2.24, 2.45) is 5.73 Å². The molecule has 0 aliphatic carbocycles. The molecule has 0 aliphatic rings. The third-order valence-corrected chi connectivity index (χ3v) is 2.39. The Morgan fingerprint density at radius 3 is 1.63 bits per heavy atom. The van der Waals surface area contributed by atoms with Crippen LogP contribution in [-0.4, -0.2) is 0 Å². The smallest absolute Gasteiger partial charge is 0.326 e. The van der Waals surface area contributed by atoms with Gasteiger partial charge in [0.25, 0.3) is 0 Å². The summed E-state index contributed by atoms with van der Waals surface area (Å²) >= 11 is -6.58. The van der Waals surface area contributed by atoms with Gasteiger partial charge in [0, 0.05) is 24.4 Å². The van der Waals surface area contributed by atoms with E-state index in [0.29, 0.717) is 6.54 Å². The van der Waals surface area contributed by atoms with Crippen LogP contribution in [0.15, 0.2) is 12.1 Å². The quantitative estimate of drug-likeness (QED) is 0.522. The minimum absolute atomic E-state index is 0.646. The molecule has 1 aromatic rings. The van der Waals surface area contributed by atoms with Crippen LogP contribution in [-0.2, 0) is 18.8 Å². The van der Waals surface area contributed by atoms with Crippen molar-refractivity contribution >= 4 is 55.1 Å². The number of rotatable bonds is 1. The Morgan fingerprint density at radius 2 is 1.32 bits per heavy atom. The van der Waals surface area contributed by atoms with Crippen molar-refractivity contribution in [1.82, 2.24) is 0 Å². The number of nitrogens with two attached hydrogens (primary N) is 1. The Hall–Kier alpha value is 0.420. The molecule has 0 fully saturated rings. The van der Waals surface area contributed by atoms with Crippen molar-refractivity contribution in [3.05, 3.63) is 34.4 Å². The summed E-state index contributed by atoms with van der Waals surface area (Å²) in [6, 6.07) is 4.24. The molecule has 0 radical (unpaired) electrons. The van der Waals surface area contributed by atoms with Gasteiger partial charge < -0.3 is 5.73 Å². The summed E-state index contributed by atoms with van der Waals surface area (Å²) in [7, 11) is 8.64. The largest absolute Gasteiger partial charge is 0.409 e. The lowest BCUT2D eigenvalue weighted by Gasteiger charge is -2.08. The third-order valence-electron chi connectivity index (χ3n) is 2.39. The molecule has 5 nitrogen and oxygen atoms in total. The van der Waals surface area contributed by atoms with Gasteiger partial charge in [0.05, 0.1) is 0 Å². The van der Waals surface area contributed by atoms with E-state index in [1.54, 1.807) is 0 Å². The highest BCUT2D eigenvalue weighted by Crippen LogP contribution is 2.16. The Kier molecular flexibility index (Phi) is 13.9. The summed E-state index contributed by atoms with van der Waals surface area (Å²) in [5.74, 6) is 0. The minimum Gasteiger partial charge on any atom is -0.326 e. The van der Waals surface area contributed by atoms with Crippen molar-refractivity contribution in [3.8, 4) is 0 Å². The molecule has 0 aliphatic heterocycles. The molecule has 9 heteroatoms. The molecule has 0 heterocycles. The van der Waals surface area contributed by atoms with E-state index in [4.69, 9.17) is 18.0 Å². The highest BCUT2D eigenvalue weighted by molar-refractivity contribution is 14.2. The summed E-state index contributed by atoms with van der Waals surface area (Å²) in [6.07, 6.45) is 0. The Labute approximate surface area is 133 Å². The van der Waals surface area contributed by atoms with Crippen molar-refractivity contribution < 1.29 is 12.3 Å². The lowest BCUT2D eigenvalue weighted by molar-refractivity contribution is 0.610. The zero-order valence-electron chi connectivity index (χ0n) is 10.6. The number of benzene rings is 1. The summed E-state index contributed by atoms with van der Waals surface area (Å²) in [5, 5.41) is 0. The van der Waals surface area contributed by atoms with Crippen LogP contribution in [0.25, 0.3) is 0 Å². The fourth-order valence-electron chi connectivity index (χ4n) is 1.23. The van der Waals surface area contributed by atoms with Gasteiger partial charge in [-0.05, 0) is 43.0 Å². The molecule has 2 N–H and O–H groups in total. The lowest BCUT2D eigenvalue weighted by Crippen LogP contribution is -2.01. The molecule has 0 atom stereocenters. The van der Waals surface area contributed by atoms with Crippen molar-refractivity contribution in [2.75, 3.05) is 0 Å².